The van der Waals surface area contributed by atoms with Gasteiger partial charge in [0.25, 0.3) is 6.01 Å². The van der Waals surface area contributed by atoms with Crippen molar-refractivity contribution in [3.63, 3.8) is 0 Å². The van der Waals surface area contributed by atoms with Crippen LogP contribution in [0.15, 0.2) is 28.7 Å². The van der Waals surface area contributed by atoms with Crippen molar-refractivity contribution in [2.24, 2.45) is 0 Å². The molecule has 0 saturated carbocycles. The Bertz CT molecular complexity index is 422. The lowest BCUT2D eigenvalue weighted by Crippen LogP contribution is -2.15. The minimum Gasteiger partial charge on any atom is -0.424 e. The molecule has 86 valence electrons. The van der Waals surface area contributed by atoms with Gasteiger partial charge in [0, 0.05) is 11.9 Å². The summed E-state index contributed by atoms with van der Waals surface area (Å²) in [5.41, 5.74) is 1.70. The summed E-state index contributed by atoms with van der Waals surface area (Å²) in [6.45, 7) is 2.10. The molecule has 0 amide bonds. The molecule has 0 aliphatic rings. The van der Waals surface area contributed by atoms with Gasteiger partial charge in [-0.15, -0.1) is 11.6 Å². The van der Waals surface area contributed by atoms with Gasteiger partial charge in [-0.05, 0) is 31.9 Å². The summed E-state index contributed by atoms with van der Waals surface area (Å²) in [4.78, 5) is 4.35. The van der Waals surface area contributed by atoms with Gasteiger partial charge in [-0.25, -0.2) is 0 Å². The van der Waals surface area contributed by atoms with Crippen molar-refractivity contribution in [2.45, 2.75) is 25.8 Å². The number of hydrogen-bond acceptors (Lipinski definition) is 3. The highest BCUT2D eigenvalue weighted by molar-refractivity contribution is 6.17. The quantitative estimate of drug-likeness (QED) is 0.808. The van der Waals surface area contributed by atoms with E-state index in [9.17, 15) is 0 Å². The third-order valence-corrected chi connectivity index (χ3v) is 2.70. The second-order valence-electron chi connectivity index (χ2n) is 3.86. The van der Waals surface area contributed by atoms with Crippen LogP contribution in [0.5, 0.6) is 0 Å². The van der Waals surface area contributed by atoms with Gasteiger partial charge < -0.3 is 9.73 Å². The lowest BCUT2D eigenvalue weighted by Gasteiger charge is -2.10. The van der Waals surface area contributed by atoms with Crippen LogP contribution in [0.4, 0.5) is 6.01 Å². The Kier molecular flexibility index (Phi) is 3.67. The maximum absolute atomic E-state index is 5.65. The summed E-state index contributed by atoms with van der Waals surface area (Å²) in [6, 6.07) is 8.65. The average molecular weight is 239 g/mol. The van der Waals surface area contributed by atoms with Crippen molar-refractivity contribution in [3.05, 3.63) is 24.3 Å². The number of para-hydroxylation sites is 2. The van der Waals surface area contributed by atoms with Crippen molar-refractivity contribution in [1.29, 1.82) is 0 Å². The minimum atomic E-state index is 0.326. The second kappa shape index (κ2) is 5.21. The molecule has 1 aromatic heterocycles. The van der Waals surface area contributed by atoms with Gasteiger partial charge in [-0.3, -0.25) is 0 Å². The van der Waals surface area contributed by atoms with E-state index >= 15 is 0 Å². The van der Waals surface area contributed by atoms with Crippen molar-refractivity contribution in [3.8, 4) is 0 Å². The van der Waals surface area contributed by atoms with Crippen LogP contribution in [0.25, 0.3) is 11.1 Å². The molecule has 4 heteroatoms. The fraction of sp³-hybridized carbons (Fsp3) is 0.417. The third kappa shape index (κ3) is 2.67. The molecule has 0 radical (unpaired) electrons. The number of benzene rings is 1. The predicted octanol–water partition coefficient (Wildman–Crippen LogP) is 3.65. The predicted molar refractivity (Wildman–Crippen MR) is 67.0 cm³/mol. The van der Waals surface area contributed by atoms with E-state index in [-0.39, 0.29) is 0 Å². The SMILES string of the molecule is CC(CCCCl)Nc1nc2ccccc2o1. The molecule has 1 heterocycles. The third-order valence-electron chi connectivity index (χ3n) is 2.43. The standard InChI is InChI=1S/C12H15ClN2O/c1-9(5-4-8-13)14-12-15-10-6-2-3-7-11(10)16-12/h2-3,6-7,9H,4-5,8H2,1H3,(H,14,15). The number of hydrogen-bond donors (Lipinski definition) is 1. The fourth-order valence-electron chi connectivity index (χ4n) is 1.60. The van der Waals surface area contributed by atoms with Crippen LogP contribution in [0.2, 0.25) is 0 Å². The Morgan fingerprint density at radius 2 is 2.25 bits per heavy atom. The molecule has 1 N–H and O–H groups in total. The molecule has 2 rings (SSSR count). The molecule has 1 aromatic carbocycles. The molecular weight excluding hydrogens is 224 g/mol. The molecule has 0 spiro atoms. The van der Waals surface area contributed by atoms with Crippen LogP contribution in [-0.4, -0.2) is 16.9 Å². The number of rotatable bonds is 5. The first-order valence-corrected chi connectivity index (χ1v) is 6.01. The Hall–Kier alpha value is -1.22. The highest BCUT2D eigenvalue weighted by atomic mass is 35.5. The van der Waals surface area contributed by atoms with E-state index in [1.165, 1.54) is 0 Å². The number of anilines is 1. The molecule has 3 nitrogen and oxygen atoms in total. The van der Waals surface area contributed by atoms with Crippen LogP contribution in [0.3, 0.4) is 0 Å². The summed E-state index contributed by atoms with van der Waals surface area (Å²) >= 11 is 5.65. The smallest absolute Gasteiger partial charge is 0.295 e. The van der Waals surface area contributed by atoms with Crippen LogP contribution >= 0.6 is 11.6 Å². The van der Waals surface area contributed by atoms with Gasteiger partial charge in [0.1, 0.15) is 5.52 Å². The highest BCUT2D eigenvalue weighted by Gasteiger charge is 2.07. The number of nitrogens with one attached hydrogen (secondary N) is 1. The summed E-state index contributed by atoms with van der Waals surface area (Å²) in [6.07, 6.45) is 2.01. The number of fused-ring (bicyclic) bond motifs is 1. The first-order chi connectivity index (χ1) is 7.79. The average Bonchev–Trinajstić information content (AvgIpc) is 2.68. The monoisotopic (exact) mass is 238 g/mol. The Morgan fingerprint density at radius 3 is 3.00 bits per heavy atom. The van der Waals surface area contributed by atoms with Gasteiger partial charge in [-0.2, -0.15) is 4.98 Å². The van der Waals surface area contributed by atoms with Gasteiger partial charge in [0.2, 0.25) is 0 Å². The van der Waals surface area contributed by atoms with Crippen molar-refractivity contribution in [2.75, 3.05) is 11.2 Å². The zero-order valence-electron chi connectivity index (χ0n) is 9.24. The van der Waals surface area contributed by atoms with E-state index in [0.29, 0.717) is 17.9 Å². The summed E-state index contributed by atoms with van der Waals surface area (Å²) in [5, 5.41) is 3.23. The van der Waals surface area contributed by atoms with Gasteiger partial charge >= 0.3 is 0 Å². The number of halogens is 1. The molecule has 0 aliphatic carbocycles. The fourth-order valence-corrected chi connectivity index (χ4v) is 1.75. The molecule has 0 aliphatic heterocycles. The molecule has 2 aromatic rings. The lowest BCUT2D eigenvalue weighted by atomic mass is 10.2. The number of nitrogens with zero attached hydrogens (tertiary/aromatic N) is 1. The topological polar surface area (TPSA) is 38.1 Å². The van der Waals surface area contributed by atoms with E-state index in [1.54, 1.807) is 0 Å². The van der Waals surface area contributed by atoms with E-state index < -0.39 is 0 Å². The lowest BCUT2D eigenvalue weighted by molar-refractivity contribution is 0.587. The molecule has 1 unspecified atom stereocenters. The molecule has 1 atom stereocenters. The molecular formula is C12H15ClN2O. The van der Waals surface area contributed by atoms with Crippen LogP contribution in [-0.2, 0) is 0 Å². The first-order valence-electron chi connectivity index (χ1n) is 5.47. The van der Waals surface area contributed by atoms with Crippen LogP contribution < -0.4 is 5.32 Å². The van der Waals surface area contributed by atoms with Crippen molar-refractivity contribution >= 4 is 28.7 Å². The number of oxazole rings is 1. The van der Waals surface area contributed by atoms with E-state index in [0.717, 1.165) is 23.9 Å². The normalized spacial score (nSPS) is 12.9. The first kappa shape index (κ1) is 11.3. The number of aromatic nitrogens is 1. The molecule has 0 saturated heterocycles. The summed E-state index contributed by atoms with van der Waals surface area (Å²) in [7, 11) is 0. The van der Waals surface area contributed by atoms with Crippen LogP contribution in [0.1, 0.15) is 19.8 Å². The zero-order valence-corrected chi connectivity index (χ0v) is 10.00. The van der Waals surface area contributed by atoms with Crippen LogP contribution in [0, 0.1) is 0 Å². The number of alkyl halides is 1. The van der Waals surface area contributed by atoms with Gasteiger partial charge in [0.15, 0.2) is 5.58 Å². The molecule has 0 fully saturated rings. The highest BCUT2D eigenvalue weighted by Crippen LogP contribution is 2.19. The van der Waals surface area contributed by atoms with Crippen molar-refractivity contribution in [1.82, 2.24) is 4.98 Å². The Labute approximate surface area is 99.8 Å². The zero-order chi connectivity index (χ0) is 11.4. The maximum Gasteiger partial charge on any atom is 0.295 e. The van der Waals surface area contributed by atoms with E-state index in [1.807, 2.05) is 24.3 Å². The van der Waals surface area contributed by atoms with Crippen molar-refractivity contribution < 1.29 is 4.42 Å². The molecule has 16 heavy (non-hydrogen) atoms. The minimum absolute atomic E-state index is 0.326. The Morgan fingerprint density at radius 1 is 1.44 bits per heavy atom. The van der Waals surface area contributed by atoms with E-state index in [4.69, 9.17) is 16.0 Å². The van der Waals surface area contributed by atoms with E-state index in [2.05, 4.69) is 17.2 Å². The van der Waals surface area contributed by atoms with Gasteiger partial charge in [0.05, 0.1) is 0 Å². The summed E-state index contributed by atoms with van der Waals surface area (Å²) < 4.78 is 5.56. The molecule has 0 bridgehead atoms. The largest absolute Gasteiger partial charge is 0.424 e. The maximum atomic E-state index is 5.65. The van der Waals surface area contributed by atoms with Gasteiger partial charge in [-0.1, -0.05) is 12.1 Å². The second-order valence-corrected chi connectivity index (χ2v) is 4.24. The summed E-state index contributed by atoms with van der Waals surface area (Å²) in [5.74, 6) is 0.694. The Balaban J connectivity index is 2.03.